The Bertz CT molecular complexity index is 1380. The van der Waals surface area contributed by atoms with Gasteiger partial charge in [0.15, 0.2) is 0 Å². The molecule has 34 heavy (non-hydrogen) atoms. The van der Waals surface area contributed by atoms with Gasteiger partial charge in [0, 0.05) is 24.8 Å². The molecule has 0 unspecified atom stereocenters. The van der Waals surface area contributed by atoms with Gasteiger partial charge in [0.25, 0.3) is 6.43 Å². The number of hydrogen-bond donors (Lipinski definition) is 2. The van der Waals surface area contributed by atoms with Crippen LogP contribution in [0.5, 0.6) is 5.88 Å². The van der Waals surface area contributed by atoms with E-state index < -0.39 is 18.4 Å². The van der Waals surface area contributed by atoms with Crippen molar-refractivity contribution in [3.63, 3.8) is 0 Å². The molecule has 178 valence electrons. The zero-order chi connectivity index (χ0) is 24.0. The number of alkyl halides is 2. The number of carbonyl (C=O) groups is 1. The van der Waals surface area contributed by atoms with Gasteiger partial charge in [-0.15, -0.1) is 10.2 Å². The van der Waals surface area contributed by atoms with E-state index in [2.05, 4.69) is 31.0 Å². The zero-order valence-corrected chi connectivity index (χ0v) is 18.9. The van der Waals surface area contributed by atoms with Crippen LogP contribution in [0.1, 0.15) is 19.8 Å². The number of rotatable bonds is 7. The van der Waals surface area contributed by atoms with Gasteiger partial charge in [-0.3, -0.25) is 4.79 Å². The van der Waals surface area contributed by atoms with Crippen LogP contribution in [-0.4, -0.2) is 62.1 Å². The van der Waals surface area contributed by atoms with E-state index in [4.69, 9.17) is 4.74 Å². The number of benzene rings is 1. The smallest absolute Gasteiger partial charge is 0.258 e. The zero-order valence-electron chi connectivity index (χ0n) is 18.9. The summed E-state index contributed by atoms with van der Waals surface area (Å²) in [6.07, 6.45) is 0.601. The van der Waals surface area contributed by atoms with Crippen LogP contribution >= 0.6 is 0 Å². The Labute approximate surface area is 193 Å². The average molecular weight is 470 g/mol. The number of fused-ring (bicyclic) bond motifs is 2. The first-order valence-corrected chi connectivity index (χ1v) is 10.8. The molecule has 12 heteroatoms. The molecule has 0 aliphatic heterocycles. The molecule has 0 saturated heterocycles. The summed E-state index contributed by atoms with van der Waals surface area (Å²) in [7, 11) is 3.17. The van der Waals surface area contributed by atoms with Gasteiger partial charge in [-0.25, -0.2) is 18.0 Å². The minimum Gasteiger partial charge on any atom is -0.479 e. The Hall–Kier alpha value is -3.83. The number of aromatic nitrogens is 6. The lowest BCUT2D eigenvalue weighted by atomic mass is 9.66. The largest absolute Gasteiger partial charge is 0.479 e. The van der Waals surface area contributed by atoms with E-state index in [1.165, 1.54) is 11.8 Å². The molecular formula is C22H24F2N8O2. The number of hydrogen-bond acceptors (Lipinski definition) is 7. The van der Waals surface area contributed by atoms with Crippen molar-refractivity contribution in [1.29, 1.82) is 0 Å². The fourth-order valence-electron chi connectivity index (χ4n) is 4.63. The van der Waals surface area contributed by atoms with Crippen LogP contribution < -0.4 is 15.4 Å². The first kappa shape index (κ1) is 22.0. The lowest BCUT2D eigenvalue weighted by Gasteiger charge is -2.43. The number of ether oxygens (including phenoxy) is 1. The molecule has 1 amide bonds. The Morgan fingerprint density at radius 2 is 2.12 bits per heavy atom. The van der Waals surface area contributed by atoms with Crippen molar-refractivity contribution in [1.82, 2.24) is 34.9 Å². The fraction of sp³-hybridized carbons (Fsp3) is 0.409. The van der Waals surface area contributed by atoms with Crippen LogP contribution in [0.25, 0.3) is 27.7 Å². The summed E-state index contributed by atoms with van der Waals surface area (Å²) >= 11 is 0. The normalized spacial score (nSPS) is 20.0. The number of nitrogens with one attached hydrogen (secondary N) is 2. The molecule has 0 bridgehead atoms. The predicted molar refractivity (Wildman–Crippen MR) is 121 cm³/mol. The molecule has 5 rings (SSSR count). The molecule has 10 nitrogen and oxygen atoms in total. The Kier molecular flexibility index (Phi) is 5.29. The van der Waals surface area contributed by atoms with Gasteiger partial charge in [0.1, 0.15) is 17.6 Å². The third-order valence-electron chi connectivity index (χ3n) is 6.31. The summed E-state index contributed by atoms with van der Waals surface area (Å²) in [5, 5.41) is 18.3. The van der Waals surface area contributed by atoms with Crippen molar-refractivity contribution in [2.45, 2.75) is 38.8 Å². The number of methoxy groups -OCH3 is 1. The highest BCUT2D eigenvalue weighted by atomic mass is 19.3. The van der Waals surface area contributed by atoms with Crippen LogP contribution in [-0.2, 0) is 11.3 Å². The quantitative estimate of drug-likeness (QED) is 0.427. The van der Waals surface area contributed by atoms with Gasteiger partial charge < -0.3 is 15.4 Å². The van der Waals surface area contributed by atoms with Crippen LogP contribution in [0.4, 0.5) is 14.7 Å². The summed E-state index contributed by atoms with van der Waals surface area (Å²) in [6, 6.07) is 7.30. The maximum Gasteiger partial charge on any atom is 0.258 e. The van der Waals surface area contributed by atoms with Gasteiger partial charge in [-0.1, -0.05) is 18.2 Å². The topological polar surface area (TPSA) is 111 Å². The molecule has 3 aromatic heterocycles. The first-order valence-electron chi connectivity index (χ1n) is 10.8. The lowest BCUT2D eigenvalue weighted by molar-refractivity contribution is -0.134. The standard InChI is InChI=1S/C22H24F2N8O2/c1-22(20(33)25-2)9-13(10-22)26-21-27-19(34-3)18-14(6-7-31(18)29-21)12-4-5-15-16(8-12)32(30-28-15)11-17(23)24/h4-8,13,17H,9-11H2,1-3H3,(H,25,33)(H,26,29). The van der Waals surface area contributed by atoms with Crippen LogP contribution in [0, 0.1) is 5.41 Å². The van der Waals surface area contributed by atoms with Crippen LogP contribution in [0.2, 0.25) is 0 Å². The Morgan fingerprint density at radius 1 is 1.32 bits per heavy atom. The van der Waals surface area contributed by atoms with Crippen LogP contribution in [0.3, 0.4) is 0 Å². The SMILES string of the molecule is CNC(=O)C1(C)CC(Nc2nc(OC)c3c(-c4ccc5nnn(CC(F)F)c5c4)ccn3n2)C1. The molecule has 2 N–H and O–H groups in total. The second kappa shape index (κ2) is 8.19. The molecule has 0 radical (unpaired) electrons. The third kappa shape index (κ3) is 3.68. The highest BCUT2D eigenvalue weighted by molar-refractivity contribution is 5.89. The Balaban J connectivity index is 1.46. The van der Waals surface area contributed by atoms with Gasteiger partial charge >= 0.3 is 0 Å². The molecule has 1 saturated carbocycles. The van der Waals surface area contributed by atoms with Crippen molar-refractivity contribution in [2.24, 2.45) is 5.41 Å². The van der Waals surface area contributed by atoms with Crippen molar-refractivity contribution in [3.05, 3.63) is 30.5 Å². The fourth-order valence-corrected chi connectivity index (χ4v) is 4.63. The molecule has 1 aromatic carbocycles. The van der Waals surface area contributed by atoms with Crippen molar-refractivity contribution in [2.75, 3.05) is 19.5 Å². The average Bonchev–Trinajstić information content (AvgIpc) is 3.40. The second-order valence-corrected chi connectivity index (χ2v) is 8.72. The van der Waals surface area contributed by atoms with Gasteiger partial charge in [-0.05, 0) is 36.6 Å². The number of carbonyl (C=O) groups excluding carboxylic acids is 1. The summed E-state index contributed by atoms with van der Waals surface area (Å²) in [5.74, 6) is 0.784. The van der Waals surface area contributed by atoms with Gasteiger partial charge in [0.05, 0.1) is 18.0 Å². The predicted octanol–water partition coefficient (Wildman–Crippen LogP) is 2.74. The summed E-state index contributed by atoms with van der Waals surface area (Å²) in [5.41, 5.74) is 2.85. The number of amides is 1. The molecule has 1 fully saturated rings. The van der Waals surface area contributed by atoms with Crippen molar-refractivity contribution in [3.8, 4) is 17.0 Å². The highest BCUT2D eigenvalue weighted by Gasteiger charge is 2.46. The third-order valence-corrected chi connectivity index (χ3v) is 6.31. The van der Waals surface area contributed by atoms with Crippen LogP contribution in [0.15, 0.2) is 30.5 Å². The number of nitrogens with zero attached hydrogens (tertiary/aromatic N) is 6. The van der Waals surface area contributed by atoms with E-state index in [0.29, 0.717) is 41.2 Å². The van der Waals surface area contributed by atoms with Crippen molar-refractivity contribution >= 4 is 28.4 Å². The van der Waals surface area contributed by atoms with Gasteiger partial charge in [0.2, 0.25) is 17.7 Å². The van der Waals surface area contributed by atoms with E-state index in [1.54, 1.807) is 29.9 Å². The van der Waals surface area contributed by atoms with Gasteiger partial charge in [-0.2, -0.15) is 4.98 Å². The summed E-state index contributed by atoms with van der Waals surface area (Å²) in [6.45, 7) is 1.41. The summed E-state index contributed by atoms with van der Waals surface area (Å²) in [4.78, 5) is 16.6. The molecule has 4 aromatic rings. The molecule has 0 atom stereocenters. The molecule has 0 spiro atoms. The second-order valence-electron chi connectivity index (χ2n) is 8.72. The maximum atomic E-state index is 12.9. The monoisotopic (exact) mass is 470 g/mol. The highest BCUT2D eigenvalue weighted by Crippen LogP contribution is 2.42. The minimum atomic E-state index is -2.53. The summed E-state index contributed by atoms with van der Waals surface area (Å²) < 4.78 is 34.3. The van der Waals surface area contributed by atoms with E-state index in [0.717, 1.165) is 11.1 Å². The van der Waals surface area contributed by atoms with E-state index in [1.807, 2.05) is 19.1 Å². The molecular weight excluding hydrogens is 446 g/mol. The maximum absolute atomic E-state index is 12.9. The lowest BCUT2D eigenvalue weighted by Crippen LogP contribution is -2.51. The Morgan fingerprint density at radius 3 is 2.82 bits per heavy atom. The van der Waals surface area contributed by atoms with E-state index >= 15 is 0 Å². The molecule has 1 aliphatic rings. The molecule has 3 heterocycles. The number of anilines is 1. The molecule has 1 aliphatic carbocycles. The van der Waals surface area contributed by atoms with Crippen molar-refractivity contribution < 1.29 is 18.3 Å². The first-order chi connectivity index (χ1) is 16.3. The van der Waals surface area contributed by atoms with E-state index in [9.17, 15) is 13.6 Å². The van der Waals surface area contributed by atoms with E-state index in [-0.39, 0.29) is 11.9 Å². The number of halogens is 2. The minimum absolute atomic E-state index is 0.0246.